The minimum atomic E-state index is -0.832. The van der Waals surface area contributed by atoms with Gasteiger partial charge in [0, 0.05) is 24.2 Å². The second-order valence-electron chi connectivity index (χ2n) is 4.50. The largest absolute Gasteiger partial charge is 0.480 e. The molecule has 1 aromatic carbocycles. The number of anilines is 1. The van der Waals surface area contributed by atoms with Crippen LogP contribution in [0.15, 0.2) is 24.3 Å². The van der Waals surface area contributed by atoms with Crippen LogP contribution >= 0.6 is 0 Å². The Labute approximate surface area is 106 Å². The van der Waals surface area contributed by atoms with Crippen LogP contribution in [0.25, 0.3) is 0 Å². The van der Waals surface area contributed by atoms with Crippen molar-refractivity contribution >= 4 is 17.4 Å². The van der Waals surface area contributed by atoms with Gasteiger partial charge in [-0.2, -0.15) is 0 Å². The number of ketones is 1. The van der Waals surface area contributed by atoms with E-state index in [1.54, 1.807) is 6.07 Å². The summed E-state index contributed by atoms with van der Waals surface area (Å²) in [5, 5.41) is 9.28. The molecular formula is C14H17NO3. The van der Waals surface area contributed by atoms with E-state index in [4.69, 9.17) is 0 Å². The highest BCUT2D eigenvalue weighted by molar-refractivity contribution is 6.02. The molecule has 0 radical (unpaired) electrons. The van der Waals surface area contributed by atoms with Gasteiger partial charge in [-0.05, 0) is 25.0 Å². The highest BCUT2D eigenvalue weighted by atomic mass is 16.4. The summed E-state index contributed by atoms with van der Waals surface area (Å²) in [7, 11) is 0. The zero-order valence-electron chi connectivity index (χ0n) is 10.4. The van der Waals surface area contributed by atoms with E-state index in [0.717, 1.165) is 5.69 Å². The number of carboxylic acids is 1. The molecule has 1 aliphatic heterocycles. The lowest BCUT2D eigenvalue weighted by Gasteiger charge is -2.30. The molecule has 1 N–H and O–H groups in total. The van der Waals surface area contributed by atoms with Gasteiger partial charge in [-0.15, -0.1) is 0 Å². The Morgan fingerprint density at radius 1 is 1.44 bits per heavy atom. The number of carbonyl (C=O) groups excluding carboxylic acids is 1. The average molecular weight is 247 g/mol. The summed E-state index contributed by atoms with van der Waals surface area (Å²) in [5.74, 6) is -0.727. The molecule has 1 atom stereocenters. The van der Waals surface area contributed by atoms with E-state index in [1.807, 2.05) is 30.0 Å². The van der Waals surface area contributed by atoms with Gasteiger partial charge in [0.25, 0.3) is 0 Å². The fourth-order valence-corrected chi connectivity index (χ4v) is 2.48. The van der Waals surface area contributed by atoms with Gasteiger partial charge in [-0.25, -0.2) is 4.79 Å². The van der Waals surface area contributed by atoms with E-state index in [2.05, 4.69) is 0 Å². The first-order chi connectivity index (χ1) is 8.65. The van der Waals surface area contributed by atoms with E-state index in [9.17, 15) is 14.7 Å². The number of carbonyl (C=O) groups is 2. The zero-order chi connectivity index (χ0) is 13.1. The van der Waals surface area contributed by atoms with Gasteiger partial charge in [0.2, 0.25) is 0 Å². The molecule has 1 unspecified atom stereocenters. The van der Waals surface area contributed by atoms with Crippen molar-refractivity contribution in [3.63, 3.8) is 0 Å². The van der Waals surface area contributed by atoms with Crippen molar-refractivity contribution < 1.29 is 14.7 Å². The molecule has 1 aromatic rings. The third kappa shape index (κ3) is 2.23. The van der Waals surface area contributed by atoms with Gasteiger partial charge in [-0.1, -0.05) is 19.1 Å². The van der Waals surface area contributed by atoms with Crippen molar-refractivity contribution in [2.24, 2.45) is 0 Å². The molecular weight excluding hydrogens is 230 g/mol. The summed E-state index contributed by atoms with van der Waals surface area (Å²) >= 11 is 0. The van der Waals surface area contributed by atoms with Crippen LogP contribution in [-0.4, -0.2) is 29.4 Å². The lowest BCUT2D eigenvalue weighted by molar-refractivity contribution is -0.138. The predicted molar refractivity (Wildman–Crippen MR) is 69.1 cm³/mol. The highest BCUT2D eigenvalue weighted by Gasteiger charge is 2.28. The molecule has 96 valence electrons. The van der Waals surface area contributed by atoms with Crippen molar-refractivity contribution in [2.75, 3.05) is 11.4 Å². The topological polar surface area (TPSA) is 57.6 Å². The van der Waals surface area contributed by atoms with E-state index in [-0.39, 0.29) is 5.78 Å². The van der Waals surface area contributed by atoms with E-state index in [1.165, 1.54) is 0 Å². The van der Waals surface area contributed by atoms with Gasteiger partial charge in [0.05, 0.1) is 0 Å². The number of carboxylic acid groups (broad SMARTS) is 1. The second-order valence-corrected chi connectivity index (χ2v) is 4.50. The summed E-state index contributed by atoms with van der Waals surface area (Å²) < 4.78 is 0. The first-order valence-corrected chi connectivity index (χ1v) is 6.26. The van der Waals surface area contributed by atoms with Gasteiger partial charge < -0.3 is 10.0 Å². The molecule has 0 aliphatic carbocycles. The Morgan fingerprint density at radius 3 is 2.83 bits per heavy atom. The fraction of sp³-hybridized carbons (Fsp3) is 0.429. The van der Waals surface area contributed by atoms with Crippen molar-refractivity contribution in [3.05, 3.63) is 29.8 Å². The molecule has 18 heavy (non-hydrogen) atoms. The minimum absolute atomic E-state index is 0.105. The molecule has 0 aromatic heterocycles. The van der Waals surface area contributed by atoms with Crippen LogP contribution in [0, 0.1) is 0 Å². The van der Waals surface area contributed by atoms with Crippen molar-refractivity contribution in [2.45, 2.75) is 32.2 Å². The quantitative estimate of drug-likeness (QED) is 0.890. The Morgan fingerprint density at radius 2 is 2.17 bits per heavy atom. The molecule has 0 bridgehead atoms. The SMILES string of the molecule is CCC(C(=O)O)N1CCCC(=O)c2ccccc21. The van der Waals surface area contributed by atoms with E-state index >= 15 is 0 Å². The maximum Gasteiger partial charge on any atom is 0.326 e. The molecule has 0 saturated carbocycles. The normalized spacial score (nSPS) is 16.9. The van der Waals surface area contributed by atoms with Crippen molar-refractivity contribution in [1.82, 2.24) is 0 Å². The summed E-state index contributed by atoms with van der Waals surface area (Å²) in [6.45, 7) is 2.47. The molecule has 4 nitrogen and oxygen atoms in total. The molecule has 2 rings (SSSR count). The maximum absolute atomic E-state index is 12.0. The minimum Gasteiger partial charge on any atom is -0.480 e. The number of rotatable bonds is 3. The van der Waals surface area contributed by atoms with Crippen LogP contribution in [0.1, 0.15) is 36.5 Å². The van der Waals surface area contributed by atoms with E-state index < -0.39 is 12.0 Å². The Kier molecular flexibility index (Phi) is 3.65. The number of para-hydroxylation sites is 1. The monoisotopic (exact) mass is 247 g/mol. The third-order valence-corrected chi connectivity index (χ3v) is 3.36. The summed E-state index contributed by atoms with van der Waals surface area (Å²) in [6, 6.07) is 6.73. The van der Waals surface area contributed by atoms with Crippen LogP contribution < -0.4 is 4.90 Å². The number of aliphatic carboxylic acids is 1. The molecule has 4 heteroatoms. The molecule has 0 spiro atoms. The van der Waals surface area contributed by atoms with Gasteiger partial charge in [0.15, 0.2) is 5.78 Å². The lowest BCUT2D eigenvalue weighted by atomic mass is 10.1. The van der Waals surface area contributed by atoms with Gasteiger partial charge in [-0.3, -0.25) is 4.79 Å². The number of nitrogens with zero attached hydrogens (tertiary/aromatic N) is 1. The average Bonchev–Trinajstić information content (AvgIpc) is 2.51. The summed E-state index contributed by atoms with van der Waals surface area (Å²) in [4.78, 5) is 25.1. The fourth-order valence-electron chi connectivity index (χ4n) is 2.48. The predicted octanol–water partition coefficient (Wildman–Crippen LogP) is 2.33. The second kappa shape index (κ2) is 5.21. The van der Waals surface area contributed by atoms with Crippen molar-refractivity contribution in [3.8, 4) is 0 Å². The van der Waals surface area contributed by atoms with Crippen LogP contribution in [0.4, 0.5) is 5.69 Å². The van der Waals surface area contributed by atoms with Crippen LogP contribution in [0.3, 0.4) is 0 Å². The van der Waals surface area contributed by atoms with E-state index in [0.29, 0.717) is 31.4 Å². The number of benzene rings is 1. The van der Waals surface area contributed by atoms with Crippen LogP contribution in [-0.2, 0) is 4.79 Å². The molecule has 1 aliphatic rings. The number of hydrogen-bond donors (Lipinski definition) is 1. The summed E-state index contributed by atoms with van der Waals surface area (Å²) in [6.07, 6.45) is 1.72. The number of hydrogen-bond acceptors (Lipinski definition) is 3. The zero-order valence-corrected chi connectivity index (χ0v) is 10.4. The standard InChI is InChI=1S/C14H17NO3/c1-2-11(14(17)18)15-9-5-8-13(16)10-6-3-4-7-12(10)15/h3-4,6-7,11H,2,5,8-9H2,1H3,(H,17,18). The molecule has 0 amide bonds. The Bertz CT molecular complexity index is 470. The molecule has 0 fully saturated rings. The Balaban J connectivity index is 2.45. The molecule has 0 saturated heterocycles. The third-order valence-electron chi connectivity index (χ3n) is 3.36. The molecule has 1 heterocycles. The van der Waals surface area contributed by atoms with Gasteiger partial charge >= 0.3 is 5.97 Å². The highest BCUT2D eigenvalue weighted by Crippen LogP contribution is 2.28. The maximum atomic E-state index is 12.0. The summed E-state index contributed by atoms with van der Waals surface area (Å²) in [5.41, 5.74) is 1.41. The number of fused-ring (bicyclic) bond motifs is 1. The van der Waals surface area contributed by atoms with Crippen LogP contribution in [0.5, 0.6) is 0 Å². The smallest absolute Gasteiger partial charge is 0.326 e. The van der Waals surface area contributed by atoms with Gasteiger partial charge in [0.1, 0.15) is 6.04 Å². The lowest BCUT2D eigenvalue weighted by Crippen LogP contribution is -2.41. The number of Topliss-reactive ketones (excluding diaryl/α,β-unsaturated/α-hetero) is 1. The Hall–Kier alpha value is -1.84. The first kappa shape index (κ1) is 12.6. The first-order valence-electron chi connectivity index (χ1n) is 6.26. The van der Waals surface area contributed by atoms with Crippen LogP contribution in [0.2, 0.25) is 0 Å². The van der Waals surface area contributed by atoms with Crippen molar-refractivity contribution in [1.29, 1.82) is 0 Å².